The highest BCUT2D eigenvalue weighted by molar-refractivity contribution is 7.90. The number of fused-ring (bicyclic) bond motifs is 1. The number of sulfone groups is 1. The van der Waals surface area contributed by atoms with Crippen molar-refractivity contribution >= 4 is 32.5 Å². The highest BCUT2D eigenvalue weighted by Crippen LogP contribution is 2.29. The number of benzene rings is 1. The van der Waals surface area contributed by atoms with E-state index >= 15 is 0 Å². The van der Waals surface area contributed by atoms with Crippen molar-refractivity contribution in [2.24, 2.45) is 5.92 Å². The summed E-state index contributed by atoms with van der Waals surface area (Å²) >= 11 is 0. The maximum absolute atomic E-state index is 12.6. The normalized spacial score (nSPS) is 21.1. The fourth-order valence-corrected chi connectivity index (χ4v) is 4.73. The Hall–Kier alpha value is -2.22. The Morgan fingerprint density at radius 2 is 1.96 bits per heavy atom. The standard InChI is InChI=1S/C19H24N4O3S/c1-27(25,26)15-6-7-17-16(10-15)18(21-12-20-17)22-14-8-9-23(11-14)19(24)13-4-2-3-5-13/h6-7,10,12-14H,2-5,8-9,11H2,1H3,(H,20,21,22)/t14-/m0/s1. The number of aromatic nitrogens is 2. The molecular formula is C19H24N4O3S. The van der Waals surface area contributed by atoms with Gasteiger partial charge in [-0.25, -0.2) is 18.4 Å². The molecule has 1 aromatic carbocycles. The number of hydrogen-bond acceptors (Lipinski definition) is 6. The van der Waals surface area contributed by atoms with E-state index in [1.54, 1.807) is 18.2 Å². The Labute approximate surface area is 159 Å². The third-order valence-corrected chi connectivity index (χ3v) is 6.69. The maximum Gasteiger partial charge on any atom is 0.225 e. The smallest absolute Gasteiger partial charge is 0.225 e. The first kappa shape index (κ1) is 18.2. The molecule has 2 aliphatic rings. The van der Waals surface area contributed by atoms with Crippen LogP contribution in [0, 0.1) is 5.92 Å². The molecule has 2 aromatic rings. The summed E-state index contributed by atoms with van der Waals surface area (Å²) in [5, 5.41) is 4.08. The lowest BCUT2D eigenvalue weighted by molar-refractivity contribution is -0.134. The first-order chi connectivity index (χ1) is 12.9. The Balaban J connectivity index is 1.52. The van der Waals surface area contributed by atoms with E-state index in [1.807, 2.05) is 4.90 Å². The van der Waals surface area contributed by atoms with Crippen LogP contribution in [0.4, 0.5) is 5.82 Å². The molecule has 1 aliphatic carbocycles. The number of anilines is 1. The maximum atomic E-state index is 12.6. The largest absolute Gasteiger partial charge is 0.365 e. The second-order valence-electron chi connectivity index (χ2n) is 7.57. The molecule has 1 aliphatic heterocycles. The molecule has 0 unspecified atom stereocenters. The lowest BCUT2D eigenvalue weighted by Gasteiger charge is -2.21. The van der Waals surface area contributed by atoms with Crippen LogP contribution in [0.3, 0.4) is 0 Å². The molecule has 144 valence electrons. The van der Waals surface area contributed by atoms with Crippen molar-refractivity contribution in [1.29, 1.82) is 0 Å². The van der Waals surface area contributed by atoms with Gasteiger partial charge in [0.15, 0.2) is 9.84 Å². The van der Waals surface area contributed by atoms with Crippen LogP contribution in [0.2, 0.25) is 0 Å². The van der Waals surface area contributed by atoms with Crippen LogP contribution < -0.4 is 5.32 Å². The molecule has 1 saturated heterocycles. The molecule has 0 spiro atoms. The van der Waals surface area contributed by atoms with Crippen molar-refractivity contribution in [2.75, 3.05) is 24.7 Å². The van der Waals surface area contributed by atoms with Gasteiger partial charge in [0.1, 0.15) is 12.1 Å². The minimum atomic E-state index is -3.30. The molecule has 1 atom stereocenters. The van der Waals surface area contributed by atoms with Gasteiger partial charge < -0.3 is 10.2 Å². The molecule has 0 bridgehead atoms. The molecule has 7 nitrogen and oxygen atoms in total. The lowest BCUT2D eigenvalue weighted by Crippen LogP contribution is -2.35. The molecule has 0 radical (unpaired) electrons. The number of hydrogen-bond donors (Lipinski definition) is 1. The SMILES string of the molecule is CS(=O)(=O)c1ccc2ncnc(N[C@H]3CCN(C(=O)C4CCCC4)C3)c2c1. The Morgan fingerprint density at radius 3 is 2.70 bits per heavy atom. The number of nitrogens with zero attached hydrogens (tertiary/aromatic N) is 3. The zero-order chi connectivity index (χ0) is 19.0. The summed E-state index contributed by atoms with van der Waals surface area (Å²) in [6, 6.07) is 4.98. The summed E-state index contributed by atoms with van der Waals surface area (Å²) in [5.74, 6) is 1.09. The topological polar surface area (TPSA) is 92.3 Å². The molecule has 1 amide bonds. The van der Waals surface area contributed by atoms with Crippen LogP contribution in [0.1, 0.15) is 32.1 Å². The van der Waals surface area contributed by atoms with E-state index in [0.717, 1.165) is 38.6 Å². The zero-order valence-corrected chi connectivity index (χ0v) is 16.2. The van der Waals surface area contributed by atoms with Gasteiger partial charge in [0.05, 0.1) is 10.4 Å². The average Bonchev–Trinajstić information content (AvgIpc) is 3.32. The van der Waals surface area contributed by atoms with Crippen molar-refractivity contribution in [1.82, 2.24) is 14.9 Å². The van der Waals surface area contributed by atoms with E-state index in [0.29, 0.717) is 23.3 Å². The minimum absolute atomic E-state index is 0.107. The van der Waals surface area contributed by atoms with Crippen LogP contribution in [0.25, 0.3) is 10.9 Å². The number of nitrogens with one attached hydrogen (secondary N) is 1. The summed E-state index contributed by atoms with van der Waals surface area (Å²) in [5.41, 5.74) is 0.691. The van der Waals surface area contributed by atoms with Gasteiger partial charge in [0.25, 0.3) is 0 Å². The van der Waals surface area contributed by atoms with Crippen molar-refractivity contribution in [3.8, 4) is 0 Å². The zero-order valence-electron chi connectivity index (χ0n) is 15.4. The predicted molar refractivity (Wildman–Crippen MR) is 103 cm³/mol. The third-order valence-electron chi connectivity index (χ3n) is 5.58. The van der Waals surface area contributed by atoms with Crippen LogP contribution in [0.15, 0.2) is 29.4 Å². The average molecular weight is 388 g/mol. The van der Waals surface area contributed by atoms with Gasteiger partial charge in [-0.15, -0.1) is 0 Å². The van der Waals surface area contributed by atoms with Gasteiger partial charge >= 0.3 is 0 Å². The van der Waals surface area contributed by atoms with E-state index in [9.17, 15) is 13.2 Å². The predicted octanol–water partition coefficient (Wildman–Crippen LogP) is 2.24. The summed E-state index contributed by atoms with van der Waals surface area (Å²) in [4.78, 5) is 23.4. The number of rotatable bonds is 4. The lowest BCUT2D eigenvalue weighted by atomic mass is 10.1. The highest BCUT2D eigenvalue weighted by atomic mass is 32.2. The fraction of sp³-hybridized carbons (Fsp3) is 0.526. The number of amides is 1. The molecule has 1 N–H and O–H groups in total. The molecular weight excluding hydrogens is 364 g/mol. The second-order valence-corrected chi connectivity index (χ2v) is 9.58. The van der Waals surface area contributed by atoms with E-state index in [1.165, 1.54) is 12.6 Å². The highest BCUT2D eigenvalue weighted by Gasteiger charge is 2.32. The molecule has 2 fully saturated rings. The number of carbonyl (C=O) groups excluding carboxylic acids is 1. The second kappa shape index (κ2) is 7.07. The molecule has 1 saturated carbocycles. The van der Waals surface area contributed by atoms with Gasteiger partial charge in [-0.1, -0.05) is 12.8 Å². The van der Waals surface area contributed by atoms with Gasteiger partial charge in [0.2, 0.25) is 5.91 Å². The van der Waals surface area contributed by atoms with E-state index < -0.39 is 9.84 Å². The van der Waals surface area contributed by atoms with Gasteiger partial charge in [-0.3, -0.25) is 4.79 Å². The summed E-state index contributed by atoms with van der Waals surface area (Å²) < 4.78 is 23.7. The minimum Gasteiger partial charge on any atom is -0.365 e. The Bertz CT molecular complexity index is 970. The van der Waals surface area contributed by atoms with E-state index in [-0.39, 0.29) is 22.8 Å². The first-order valence-corrected chi connectivity index (χ1v) is 11.3. The van der Waals surface area contributed by atoms with Crippen molar-refractivity contribution in [3.63, 3.8) is 0 Å². The molecule has 27 heavy (non-hydrogen) atoms. The molecule has 1 aromatic heterocycles. The van der Waals surface area contributed by atoms with Crippen LogP contribution in [-0.4, -0.2) is 54.6 Å². The van der Waals surface area contributed by atoms with Crippen LogP contribution in [0.5, 0.6) is 0 Å². The van der Waals surface area contributed by atoms with Crippen LogP contribution >= 0.6 is 0 Å². The number of carbonyl (C=O) groups is 1. The fourth-order valence-electron chi connectivity index (χ4n) is 4.08. The monoisotopic (exact) mass is 388 g/mol. The van der Waals surface area contributed by atoms with E-state index in [2.05, 4.69) is 15.3 Å². The first-order valence-electron chi connectivity index (χ1n) is 9.42. The van der Waals surface area contributed by atoms with Gasteiger partial charge in [0, 0.05) is 36.7 Å². The molecule has 8 heteroatoms. The summed E-state index contributed by atoms with van der Waals surface area (Å²) in [6.45, 7) is 1.41. The van der Waals surface area contributed by atoms with E-state index in [4.69, 9.17) is 0 Å². The van der Waals surface area contributed by atoms with Crippen molar-refractivity contribution < 1.29 is 13.2 Å². The number of likely N-dealkylation sites (tertiary alicyclic amines) is 1. The van der Waals surface area contributed by atoms with Crippen LogP contribution in [-0.2, 0) is 14.6 Å². The summed E-state index contributed by atoms with van der Waals surface area (Å²) in [7, 11) is -3.30. The third kappa shape index (κ3) is 3.76. The Kier molecular flexibility index (Phi) is 4.75. The van der Waals surface area contributed by atoms with Crippen molar-refractivity contribution in [2.45, 2.75) is 43.0 Å². The van der Waals surface area contributed by atoms with Gasteiger partial charge in [-0.05, 0) is 37.5 Å². The molecule has 2 heterocycles. The van der Waals surface area contributed by atoms with Crippen molar-refractivity contribution in [3.05, 3.63) is 24.5 Å². The Morgan fingerprint density at radius 1 is 1.19 bits per heavy atom. The molecule has 4 rings (SSSR count). The van der Waals surface area contributed by atoms with Gasteiger partial charge in [-0.2, -0.15) is 0 Å². The quantitative estimate of drug-likeness (QED) is 0.864. The summed E-state index contributed by atoms with van der Waals surface area (Å²) in [6.07, 6.45) is 7.85.